The van der Waals surface area contributed by atoms with Gasteiger partial charge in [-0.25, -0.2) is 0 Å². The summed E-state index contributed by atoms with van der Waals surface area (Å²) >= 11 is 5.19. The first-order valence-corrected chi connectivity index (χ1v) is 27.4. The average molecular weight is 774 g/mol. The molecule has 3 heterocycles. The van der Waals surface area contributed by atoms with Crippen LogP contribution in [0.3, 0.4) is 0 Å². The van der Waals surface area contributed by atoms with Gasteiger partial charge in [0.2, 0.25) is 0 Å². The highest BCUT2D eigenvalue weighted by Gasteiger charge is 2.61. The maximum Gasteiger partial charge on any atom is 0.0625 e. The van der Waals surface area contributed by atoms with Gasteiger partial charge < -0.3 is 4.74 Å². The molecule has 0 amide bonds. The van der Waals surface area contributed by atoms with E-state index in [1.165, 1.54) is 103 Å². The fourth-order valence-electron chi connectivity index (χ4n) is 19.0. The quantitative estimate of drug-likeness (QED) is 0.282. The van der Waals surface area contributed by atoms with Crippen LogP contribution in [0.15, 0.2) is 0 Å². The lowest BCUT2D eigenvalue weighted by atomic mass is 9.59. The van der Waals surface area contributed by atoms with E-state index in [9.17, 15) is 0 Å². The van der Waals surface area contributed by atoms with Gasteiger partial charge in [-0.1, -0.05) is 70.6 Å². The molecule has 3 aliphatic heterocycles. The van der Waals surface area contributed by atoms with Crippen molar-refractivity contribution in [1.29, 1.82) is 0 Å². The summed E-state index contributed by atoms with van der Waals surface area (Å²) in [6.07, 6.45) is 45.7. The zero-order valence-electron chi connectivity index (χ0n) is 34.3. The number of nitrogens with zero attached hydrogens (tertiary/aromatic N) is 1. The number of fused-ring (bicyclic) bond motifs is 13. The summed E-state index contributed by atoms with van der Waals surface area (Å²) in [5.74, 6) is 12.4. The van der Waals surface area contributed by atoms with Crippen LogP contribution < -0.4 is 0 Å². The van der Waals surface area contributed by atoms with Gasteiger partial charge in [0.05, 0.1) is 12.2 Å². The SMILES string of the molecule is C1CCC2C(C1)CCCC2C1CCC(N(C2CCC3C(C2)OC2CCC4CCCCC4C23)C2CCCC3C4CCC5SC6CCCCC6C5C4SC32)CC1. The molecule has 19 unspecified atom stereocenters. The summed E-state index contributed by atoms with van der Waals surface area (Å²) in [6, 6.07) is 2.53. The molecule has 302 valence electrons. The lowest BCUT2D eigenvalue weighted by Crippen LogP contribution is -2.58. The van der Waals surface area contributed by atoms with Crippen molar-refractivity contribution in [3.8, 4) is 0 Å². The van der Waals surface area contributed by atoms with Gasteiger partial charge in [0, 0.05) is 39.1 Å². The maximum atomic E-state index is 7.35. The Balaban J connectivity index is 0.811. The van der Waals surface area contributed by atoms with Crippen LogP contribution in [-0.4, -0.2) is 56.2 Å². The predicted molar refractivity (Wildman–Crippen MR) is 228 cm³/mol. The second kappa shape index (κ2) is 15.3. The van der Waals surface area contributed by atoms with Gasteiger partial charge in [-0.15, -0.1) is 0 Å². The van der Waals surface area contributed by atoms with E-state index in [1.54, 1.807) is 83.5 Å². The Labute approximate surface area is 340 Å². The molecule has 0 aromatic heterocycles. The van der Waals surface area contributed by atoms with Crippen LogP contribution in [0.2, 0.25) is 0 Å². The highest BCUT2D eigenvalue weighted by molar-refractivity contribution is 8.02. The predicted octanol–water partition coefficient (Wildman–Crippen LogP) is 13.0. The molecule has 2 nitrogen and oxygen atoms in total. The Morgan fingerprint density at radius 1 is 0.352 bits per heavy atom. The molecular weight excluding hydrogens is 695 g/mol. The summed E-state index contributed by atoms with van der Waals surface area (Å²) < 4.78 is 7.35. The molecule has 12 fully saturated rings. The van der Waals surface area contributed by atoms with E-state index < -0.39 is 0 Å². The van der Waals surface area contributed by atoms with Crippen LogP contribution in [0.5, 0.6) is 0 Å². The van der Waals surface area contributed by atoms with Crippen molar-refractivity contribution < 1.29 is 4.74 Å². The Hall–Kier alpha value is 0.620. The minimum absolute atomic E-state index is 0.585. The molecule has 0 radical (unpaired) electrons. The Bertz CT molecular complexity index is 1310. The first kappa shape index (κ1) is 36.5. The van der Waals surface area contributed by atoms with Gasteiger partial charge >= 0.3 is 0 Å². The number of hydrogen-bond donors (Lipinski definition) is 0. The topological polar surface area (TPSA) is 12.5 Å². The van der Waals surface area contributed by atoms with Crippen molar-refractivity contribution in [2.24, 2.45) is 71.0 Å². The van der Waals surface area contributed by atoms with E-state index in [2.05, 4.69) is 28.4 Å². The lowest BCUT2D eigenvalue weighted by molar-refractivity contribution is -0.0525. The van der Waals surface area contributed by atoms with Gasteiger partial charge in [0.15, 0.2) is 0 Å². The van der Waals surface area contributed by atoms with Gasteiger partial charge in [-0.2, -0.15) is 23.5 Å². The van der Waals surface area contributed by atoms with E-state index in [0.717, 1.165) is 110 Å². The summed E-state index contributed by atoms with van der Waals surface area (Å²) in [5, 5.41) is 3.99. The van der Waals surface area contributed by atoms with Crippen LogP contribution >= 0.6 is 23.5 Å². The van der Waals surface area contributed by atoms with E-state index in [4.69, 9.17) is 4.74 Å². The van der Waals surface area contributed by atoms with Gasteiger partial charge in [0.25, 0.3) is 0 Å². The highest BCUT2D eigenvalue weighted by Crippen LogP contribution is 2.65. The second-order valence-electron chi connectivity index (χ2n) is 22.7. The lowest BCUT2D eigenvalue weighted by Gasteiger charge is -2.53. The molecule has 4 heteroatoms. The first-order valence-electron chi connectivity index (χ1n) is 25.5. The van der Waals surface area contributed by atoms with Gasteiger partial charge in [-0.05, 0) is 187 Å². The molecule has 54 heavy (non-hydrogen) atoms. The largest absolute Gasteiger partial charge is 0.374 e. The minimum Gasteiger partial charge on any atom is -0.374 e. The van der Waals surface area contributed by atoms with Gasteiger partial charge in [0.1, 0.15) is 0 Å². The fourth-order valence-corrected chi connectivity index (χ4v) is 23.7. The second-order valence-corrected chi connectivity index (χ2v) is 25.6. The average Bonchev–Trinajstić information content (AvgIpc) is 3.92. The molecule has 19 atom stereocenters. The highest BCUT2D eigenvalue weighted by atomic mass is 32.2. The molecule has 0 spiro atoms. The minimum atomic E-state index is 0.585. The van der Waals surface area contributed by atoms with Crippen LogP contribution in [0.25, 0.3) is 0 Å². The molecule has 9 aliphatic carbocycles. The van der Waals surface area contributed by atoms with Crippen LogP contribution in [0, 0.1) is 71.0 Å². The number of hydrogen-bond acceptors (Lipinski definition) is 4. The number of rotatable bonds is 4. The van der Waals surface area contributed by atoms with Crippen molar-refractivity contribution in [3.63, 3.8) is 0 Å². The van der Waals surface area contributed by atoms with E-state index in [-0.39, 0.29) is 0 Å². The van der Waals surface area contributed by atoms with E-state index in [0.29, 0.717) is 12.2 Å². The fraction of sp³-hybridized carbons (Fsp3) is 1.00. The van der Waals surface area contributed by atoms with Gasteiger partial charge in [-0.3, -0.25) is 4.90 Å². The monoisotopic (exact) mass is 774 g/mol. The zero-order valence-corrected chi connectivity index (χ0v) is 35.9. The third-order valence-electron chi connectivity index (χ3n) is 20.9. The molecular formula is C50H79NOS2. The van der Waals surface area contributed by atoms with E-state index >= 15 is 0 Å². The van der Waals surface area contributed by atoms with Crippen molar-refractivity contribution in [2.45, 2.75) is 238 Å². The third-order valence-corrected chi connectivity index (χ3v) is 24.7. The molecule has 0 N–H and O–H groups in total. The Kier molecular flexibility index (Phi) is 10.3. The standard InChI is InChI=1S/C50H79NOS2/c1-3-12-35-30(9-1)11-7-15-36(35)32-19-22-33(23-20-32)51(34-24-25-40-44(29-34)52-43-27-21-31-10-2-4-13-37(31)47(40)43)42-17-8-16-38-39-26-28-46-48(50(39)54-49(38)42)41-14-5-6-18-45(41)53-46/h30-50H,1-29H2. The summed E-state index contributed by atoms with van der Waals surface area (Å²) in [7, 11) is 0. The van der Waals surface area contributed by atoms with Crippen molar-refractivity contribution in [2.75, 3.05) is 0 Å². The summed E-state index contributed by atoms with van der Waals surface area (Å²) in [4.78, 5) is 3.44. The molecule has 0 bridgehead atoms. The van der Waals surface area contributed by atoms with Crippen LogP contribution in [0.4, 0.5) is 0 Å². The normalized spacial score (nSPS) is 56.7. The molecule has 12 aliphatic rings. The Morgan fingerprint density at radius 3 is 1.83 bits per heavy atom. The maximum absolute atomic E-state index is 7.35. The molecule has 0 aromatic rings. The van der Waals surface area contributed by atoms with Crippen molar-refractivity contribution in [1.82, 2.24) is 4.90 Å². The smallest absolute Gasteiger partial charge is 0.0625 e. The zero-order chi connectivity index (χ0) is 35.3. The summed E-state index contributed by atoms with van der Waals surface area (Å²) in [5.41, 5.74) is 0. The summed E-state index contributed by atoms with van der Waals surface area (Å²) in [6.45, 7) is 0. The Morgan fingerprint density at radius 2 is 0.963 bits per heavy atom. The molecule has 3 saturated heterocycles. The third kappa shape index (κ3) is 6.18. The van der Waals surface area contributed by atoms with Crippen LogP contribution in [-0.2, 0) is 4.74 Å². The molecule has 9 saturated carbocycles. The van der Waals surface area contributed by atoms with Crippen molar-refractivity contribution in [3.05, 3.63) is 0 Å². The first-order chi connectivity index (χ1) is 26.8. The number of thioether (sulfide) groups is 2. The van der Waals surface area contributed by atoms with Crippen LogP contribution in [0.1, 0.15) is 186 Å². The molecule has 0 aromatic carbocycles. The number of ether oxygens (including phenoxy) is 1. The van der Waals surface area contributed by atoms with E-state index in [1.807, 2.05) is 0 Å². The van der Waals surface area contributed by atoms with Crippen molar-refractivity contribution >= 4 is 23.5 Å². The molecule has 12 rings (SSSR count).